The summed E-state index contributed by atoms with van der Waals surface area (Å²) in [4.78, 5) is 34.9. The van der Waals surface area contributed by atoms with Crippen LogP contribution in [0.1, 0.15) is 47.3 Å². The number of ether oxygens (including phenoxy) is 2. The molecule has 1 saturated carbocycles. The minimum Gasteiger partial charge on any atom is -0.494 e. The van der Waals surface area contributed by atoms with E-state index in [1.54, 1.807) is 31.3 Å². The second kappa shape index (κ2) is 10.8. The molecule has 2 aromatic heterocycles. The Kier molecular flexibility index (Phi) is 7.27. The van der Waals surface area contributed by atoms with Gasteiger partial charge in [0, 0.05) is 50.9 Å². The van der Waals surface area contributed by atoms with Gasteiger partial charge in [-0.1, -0.05) is 0 Å². The van der Waals surface area contributed by atoms with Gasteiger partial charge in [-0.05, 0) is 78.0 Å². The van der Waals surface area contributed by atoms with Gasteiger partial charge in [-0.2, -0.15) is 0 Å². The summed E-state index contributed by atoms with van der Waals surface area (Å²) < 4.78 is 55.1. The van der Waals surface area contributed by atoms with Crippen LogP contribution >= 0.6 is 15.9 Å². The van der Waals surface area contributed by atoms with Gasteiger partial charge in [0.15, 0.2) is 17.5 Å². The maximum Gasteiger partial charge on any atom is 0.251 e. The van der Waals surface area contributed by atoms with Crippen molar-refractivity contribution in [1.29, 1.82) is 0 Å². The molecule has 0 spiro atoms. The van der Waals surface area contributed by atoms with Crippen molar-refractivity contribution < 1.29 is 32.2 Å². The van der Waals surface area contributed by atoms with E-state index in [1.165, 1.54) is 7.11 Å². The second-order valence-electron chi connectivity index (χ2n) is 11.0. The number of fused-ring (bicyclic) bond motifs is 2. The topological polar surface area (TPSA) is 116 Å². The average Bonchev–Trinajstić information content (AvgIpc) is 3.77. The first-order valence-electron chi connectivity index (χ1n) is 13.5. The lowest BCUT2D eigenvalue weighted by Gasteiger charge is -2.22. The van der Waals surface area contributed by atoms with Crippen molar-refractivity contribution in [3.05, 3.63) is 81.3 Å². The summed E-state index contributed by atoms with van der Waals surface area (Å²) in [5.74, 6) is -5.11. The van der Waals surface area contributed by atoms with Gasteiger partial charge in [0.05, 0.1) is 7.11 Å². The van der Waals surface area contributed by atoms with Crippen LogP contribution in [-0.4, -0.2) is 42.0 Å². The molecule has 6 rings (SSSR count). The number of carbonyl (C=O) groups excluding carboxylic acids is 2. The zero-order chi connectivity index (χ0) is 30.6. The van der Waals surface area contributed by atoms with Crippen LogP contribution in [0.4, 0.5) is 13.2 Å². The first-order valence-corrected chi connectivity index (χ1v) is 14.3. The predicted octanol–water partition coefficient (Wildman–Crippen LogP) is 5.54. The van der Waals surface area contributed by atoms with Crippen molar-refractivity contribution in [3.8, 4) is 22.8 Å². The molecule has 4 aromatic rings. The molecule has 0 bridgehead atoms. The molecule has 222 valence electrons. The fourth-order valence-corrected chi connectivity index (χ4v) is 5.83. The first kappa shape index (κ1) is 28.9. The predicted molar refractivity (Wildman–Crippen MR) is 155 cm³/mol. The summed E-state index contributed by atoms with van der Waals surface area (Å²) in [5, 5.41) is 3.68. The fraction of sp³-hybridized carbons (Fsp3) is 0.290. The van der Waals surface area contributed by atoms with Crippen molar-refractivity contribution >= 4 is 38.6 Å². The molecule has 0 saturated heterocycles. The Labute approximate surface area is 252 Å². The number of nitrogens with two attached hydrogens (primary N) is 1. The van der Waals surface area contributed by atoms with Crippen molar-refractivity contribution in [3.63, 3.8) is 0 Å². The molecule has 0 unspecified atom stereocenters. The summed E-state index contributed by atoms with van der Waals surface area (Å²) >= 11 is 3.40. The summed E-state index contributed by atoms with van der Waals surface area (Å²) in [6.07, 6.45) is 3.37. The van der Waals surface area contributed by atoms with E-state index in [9.17, 15) is 18.4 Å². The molecule has 0 radical (unpaired) electrons. The molecular weight excluding hydrogens is 629 g/mol. The summed E-state index contributed by atoms with van der Waals surface area (Å²) in [7, 11) is 1.50. The average molecular weight is 655 g/mol. The van der Waals surface area contributed by atoms with Gasteiger partial charge in [-0.15, -0.1) is 0 Å². The smallest absolute Gasteiger partial charge is 0.251 e. The van der Waals surface area contributed by atoms with Crippen LogP contribution < -0.4 is 20.5 Å². The summed E-state index contributed by atoms with van der Waals surface area (Å²) in [6.45, 7) is 1.64. The number of rotatable bonds is 8. The Morgan fingerprint density at radius 2 is 1.95 bits per heavy atom. The molecule has 2 aliphatic rings. The van der Waals surface area contributed by atoms with Gasteiger partial charge >= 0.3 is 0 Å². The minimum absolute atomic E-state index is 0.0665. The number of carbonyl (C=O) groups is 2. The van der Waals surface area contributed by atoms with Crippen LogP contribution in [0.2, 0.25) is 0 Å². The number of primary amides is 1. The Hall–Kier alpha value is -4.19. The van der Waals surface area contributed by atoms with Gasteiger partial charge < -0.3 is 20.5 Å². The number of methoxy groups -OCH3 is 1. The lowest BCUT2D eigenvalue weighted by Crippen LogP contribution is -2.40. The van der Waals surface area contributed by atoms with Gasteiger partial charge in [0.2, 0.25) is 5.91 Å². The molecule has 12 heteroatoms. The molecule has 2 amide bonds. The monoisotopic (exact) mass is 654 g/mol. The maximum absolute atomic E-state index is 15.0. The molecular formula is C31H26BrF3N4O4. The molecule has 3 N–H and O–H groups in total. The summed E-state index contributed by atoms with van der Waals surface area (Å²) in [6, 6.07) is 8.73. The van der Waals surface area contributed by atoms with Crippen molar-refractivity contribution in [2.75, 3.05) is 20.3 Å². The lowest BCUT2D eigenvalue weighted by molar-refractivity contribution is -0.123. The van der Waals surface area contributed by atoms with Crippen LogP contribution in [0.5, 0.6) is 11.5 Å². The number of nitrogens with one attached hydrogen (secondary N) is 1. The molecule has 3 heterocycles. The van der Waals surface area contributed by atoms with Gasteiger partial charge in [0.1, 0.15) is 34.7 Å². The molecule has 8 nitrogen and oxygen atoms in total. The Morgan fingerprint density at radius 1 is 1.19 bits per heavy atom. The number of pyridine rings is 2. The van der Waals surface area contributed by atoms with Crippen LogP contribution in [-0.2, 0) is 10.2 Å². The molecule has 2 atom stereocenters. The Bertz CT molecular complexity index is 1820. The number of hydrogen-bond donors (Lipinski definition) is 2. The zero-order valence-corrected chi connectivity index (χ0v) is 24.7. The quantitative estimate of drug-likeness (QED) is 0.241. The molecule has 1 fully saturated rings. The van der Waals surface area contributed by atoms with E-state index in [2.05, 4.69) is 31.2 Å². The normalized spacial score (nSPS) is 18.2. The van der Waals surface area contributed by atoms with E-state index in [4.69, 9.17) is 15.2 Å². The fourth-order valence-electron chi connectivity index (χ4n) is 5.48. The number of benzene rings is 2. The van der Waals surface area contributed by atoms with Gasteiger partial charge in [-0.25, -0.2) is 18.2 Å². The van der Waals surface area contributed by atoms with E-state index >= 15 is 4.39 Å². The van der Waals surface area contributed by atoms with Crippen LogP contribution in [0.3, 0.4) is 0 Å². The number of amides is 2. The molecule has 1 aliphatic carbocycles. The number of aromatic nitrogens is 2. The van der Waals surface area contributed by atoms with Crippen LogP contribution in [0.15, 0.2) is 47.1 Å². The highest BCUT2D eigenvalue weighted by atomic mass is 79.9. The van der Waals surface area contributed by atoms with Crippen LogP contribution in [0.25, 0.3) is 22.2 Å². The minimum atomic E-state index is -1.65. The van der Waals surface area contributed by atoms with Gasteiger partial charge in [-0.3, -0.25) is 14.6 Å². The third kappa shape index (κ3) is 5.07. The van der Waals surface area contributed by atoms with Gasteiger partial charge in [0.25, 0.3) is 5.91 Å². The molecule has 43 heavy (non-hydrogen) atoms. The number of hydrogen-bond acceptors (Lipinski definition) is 6. The van der Waals surface area contributed by atoms with Crippen molar-refractivity contribution in [2.45, 2.75) is 31.1 Å². The third-order valence-corrected chi connectivity index (χ3v) is 8.61. The standard InChI is InChI=1S/C31H26BrF3N4O4/c1-31(30(36)41)13-43-28-20(31)10-22(39-27(28)18-5-6-21(33)25(35)24(18)34)19(14-3-4-14)12-38-29(40)16-7-15-8-17(32)11-37-26(15)23(9-16)42-2/h5-11,14,19H,3-4,12-13H2,1-2H3,(H2,36,41)(H,38,40)/t19-,31-/m0/s1. The van der Waals surface area contributed by atoms with Crippen molar-refractivity contribution in [2.24, 2.45) is 11.7 Å². The Morgan fingerprint density at radius 3 is 2.65 bits per heavy atom. The van der Waals surface area contributed by atoms with E-state index in [1.807, 2.05) is 6.07 Å². The second-order valence-corrected chi connectivity index (χ2v) is 12.0. The van der Waals surface area contributed by atoms with E-state index < -0.39 is 28.8 Å². The lowest BCUT2D eigenvalue weighted by atomic mass is 9.82. The molecule has 2 aromatic carbocycles. The summed E-state index contributed by atoms with van der Waals surface area (Å²) in [5.41, 5.74) is 5.89. The zero-order valence-electron chi connectivity index (χ0n) is 23.1. The third-order valence-electron chi connectivity index (χ3n) is 8.18. The maximum atomic E-state index is 15.0. The largest absolute Gasteiger partial charge is 0.494 e. The van der Waals surface area contributed by atoms with E-state index in [0.29, 0.717) is 33.5 Å². The molecule has 1 aliphatic heterocycles. The van der Waals surface area contributed by atoms with E-state index in [0.717, 1.165) is 29.4 Å². The SMILES string of the molecule is COc1cc(C(=O)NC[C@H](c2cc3c(c(-c4ccc(F)c(F)c4F)n2)OC[C@]3(C)C(N)=O)C2CC2)cc2cc(Br)cnc12. The van der Waals surface area contributed by atoms with Crippen molar-refractivity contribution in [1.82, 2.24) is 15.3 Å². The number of nitrogens with zero attached hydrogens (tertiary/aromatic N) is 2. The van der Waals surface area contributed by atoms with Crippen LogP contribution in [0, 0.1) is 23.4 Å². The first-order chi connectivity index (χ1) is 20.5. The highest BCUT2D eigenvalue weighted by Gasteiger charge is 2.45. The number of halogens is 4. The highest BCUT2D eigenvalue weighted by Crippen LogP contribution is 2.48. The highest BCUT2D eigenvalue weighted by molar-refractivity contribution is 9.10. The van der Waals surface area contributed by atoms with E-state index in [-0.39, 0.29) is 47.9 Å². The Balaban J connectivity index is 1.39.